The molecule has 4 aliphatic carbocycles. The highest BCUT2D eigenvalue weighted by Crippen LogP contribution is 2.50. The quantitative estimate of drug-likeness (QED) is 0.586. The van der Waals surface area contributed by atoms with Crippen LogP contribution in [0.4, 0.5) is 0 Å². The van der Waals surface area contributed by atoms with Crippen LogP contribution in [0, 0.1) is 11.8 Å². The smallest absolute Gasteiger partial charge is 0.0835 e. The summed E-state index contributed by atoms with van der Waals surface area (Å²) in [6.07, 6.45) is 16.2. The van der Waals surface area contributed by atoms with E-state index in [1.165, 1.54) is 64.2 Å². The number of hydrogen-bond donors (Lipinski definition) is 1. The van der Waals surface area contributed by atoms with Gasteiger partial charge in [0.25, 0.3) is 0 Å². The largest absolute Gasteiger partial charge is 0.371 e. The van der Waals surface area contributed by atoms with Crippen molar-refractivity contribution in [2.24, 2.45) is 16.8 Å². The van der Waals surface area contributed by atoms with Crippen molar-refractivity contribution in [1.82, 2.24) is 5.32 Å². The van der Waals surface area contributed by atoms with E-state index in [1.807, 2.05) is 0 Å². The van der Waals surface area contributed by atoms with Gasteiger partial charge in [-0.25, -0.2) is 0 Å². The Balaban J connectivity index is 1.41. The van der Waals surface area contributed by atoms with Crippen molar-refractivity contribution < 1.29 is 0 Å². The summed E-state index contributed by atoms with van der Waals surface area (Å²) in [6, 6.07) is 0. The summed E-state index contributed by atoms with van der Waals surface area (Å²) >= 11 is 0. The normalized spacial score (nSPS) is 51.8. The van der Waals surface area contributed by atoms with Gasteiger partial charge in [0.1, 0.15) is 0 Å². The maximum atomic E-state index is 4.95. The number of hydrogen-bond acceptors (Lipinski definition) is 1. The van der Waals surface area contributed by atoms with E-state index < -0.39 is 0 Å². The highest BCUT2D eigenvalue weighted by molar-refractivity contribution is 5.57. The molecule has 0 radical (unpaired) electrons. The highest BCUT2D eigenvalue weighted by atomic mass is 15.1. The molecule has 0 amide bonds. The molecule has 4 fully saturated rings. The van der Waals surface area contributed by atoms with Crippen molar-refractivity contribution in [1.29, 1.82) is 0 Å². The van der Waals surface area contributed by atoms with Crippen molar-refractivity contribution in [2.75, 3.05) is 0 Å². The van der Waals surface area contributed by atoms with Crippen LogP contribution in [-0.4, -0.2) is 17.4 Å². The minimum Gasteiger partial charge on any atom is -0.371 e. The van der Waals surface area contributed by atoms with Crippen LogP contribution in [0.3, 0.4) is 0 Å². The lowest BCUT2D eigenvalue weighted by Crippen LogP contribution is -2.40. The molecule has 17 heavy (non-hydrogen) atoms. The molecule has 0 unspecified atom stereocenters. The van der Waals surface area contributed by atoms with Crippen LogP contribution in [0.5, 0.6) is 0 Å². The summed E-state index contributed by atoms with van der Waals surface area (Å²) < 4.78 is 0. The van der Waals surface area contributed by atoms with Gasteiger partial charge in [0.15, 0.2) is 0 Å². The van der Waals surface area contributed by atoms with Crippen LogP contribution >= 0.6 is 0 Å². The summed E-state index contributed by atoms with van der Waals surface area (Å²) in [6.45, 7) is 0. The molecule has 0 aromatic heterocycles. The van der Waals surface area contributed by atoms with Gasteiger partial charge in [-0.3, -0.25) is 4.99 Å². The van der Waals surface area contributed by atoms with Gasteiger partial charge in [0.05, 0.1) is 11.9 Å². The maximum Gasteiger partial charge on any atom is 0.0835 e. The Labute approximate surface area is 104 Å². The van der Waals surface area contributed by atoms with Crippen LogP contribution in [0.25, 0.3) is 0 Å². The first kappa shape index (κ1) is 10.4. The van der Waals surface area contributed by atoms with Gasteiger partial charge in [-0.1, -0.05) is 0 Å². The van der Waals surface area contributed by atoms with Gasteiger partial charge >= 0.3 is 0 Å². The standard InChI is InChI=1S/C15H24N2/c1-5-14(6-2-12(1)9-14)16-11-17-15-7-3-13(10-15)4-8-15/h11-13H,1-10H2,(H,16,17). The Morgan fingerprint density at radius 3 is 2.06 bits per heavy atom. The molecule has 0 atom stereocenters. The molecule has 1 N–H and O–H groups in total. The molecule has 2 heteroatoms. The van der Waals surface area contributed by atoms with Crippen molar-refractivity contribution >= 4 is 6.34 Å². The second-order valence-corrected chi connectivity index (χ2v) is 7.20. The van der Waals surface area contributed by atoms with Crippen LogP contribution in [0.15, 0.2) is 4.99 Å². The lowest BCUT2D eigenvalue weighted by molar-refractivity contribution is 0.376. The van der Waals surface area contributed by atoms with E-state index >= 15 is 0 Å². The monoisotopic (exact) mass is 232 g/mol. The maximum absolute atomic E-state index is 4.95. The first-order chi connectivity index (χ1) is 8.28. The fourth-order valence-electron chi connectivity index (χ4n) is 5.04. The Morgan fingerprint density at radius 1 is 0.882 bits per heavy atom. The molecule has 4 aliphatic rings. The zero-order chi connectivity index (χ0) is 11.3. The van der Waals surface area contributed by atoms with Gasteiger partial charge in [-0.05, 0) is 76.0 Å². The molecule has 0 aromatic carbocycles. The number of nitrogens with zero attached hydrogens (tertiary/aromatic N) is 1. The first-order valence-electron chi connectivity index (χ1n) is 7.59. The van der Waals surface area contributed by atoms with Crippen LogP contribution in [-0.2, 0) is 0 Å². The van der Waals surface area contributed by atoms with Crippen LogP contribution in [0.1, 0.15) is 64.2 Å². The van der Waals surface area contributed by atoms with Gasteiger partial charge < -0.3 is 5.32 Å². The predicted octanol–water partition coefficient (Wildman–Crippen LogP) is 3.27. The van der Waals surface area contributed by atoms with Crippen molar-refractivity contribution in [3.05, 3.63) is 0 Å². The SMILES string of the molecule is C(=NC12CCC(CC1)C2)NC12CCC(CC1)C2. The summed E-state index contributed by atoms with van der Waals surface area (Å²) in [4.78, 5) is 4.95. The zero-order valence-corrected chi connectivity index (χ0v) is 10.8. The van der Waals surface area contributed by atoms with E-state index in [9.17, 15) is 0 Å². The van der Waals surface area contributed by atoms with E-state index in [-0.39, 0.29) is 0 Å². The molecule has 0 saturated heterocycles. The van der Waals surface area contributed by atoms with Gasteiger partial charge in [0.2, 0.25) is 0 Å². The lowest BCUT2D eigenvalue weighted by atomic mass is 9.94. The Hall–Kier alpha value is -0.530. The predicted molar refractivity (Wildman–Crippen MR) is 70.2 cm³/mol. The van der Waals surface area contributed by atoms with Crippen molar-refractivity contribution in [2.45, 2.75) is 75.3 Å². The van der Waals surface area contributed by atoms with Gasteiger partial charge in [-0.2, -0.15) is 0 Å². The third-order valence-corrected chi connectivity index (χ3v) is 6.16. The summed E-state index contributed by atoms with van der Waals surface area (Å²) in [5.41, 5.74) is 0.826. The topological polar surface area (TPSA) is 24.4 Å². The molecule has 4 bridgehead atoms. The van der Waals surface area contributed by atoms with E-state index in [4.69, 9.17) is 4.99 Å². The fourth-order valence-corrected chi connectivity index (χ4v) is 5.04. The van der Waals surface area contributed by atoms with E-state index in [2.05, 4.69) is 11.7 Å². The molecule has 94 valence electrons. The summed E-state index contributed by atoms with van der Waals surface area (Å²) in [7, 11) is 0. The third-order valence-electron chi connectivity index (χ3n) is 6.16. The van der Waals surface area contributed by atoms with E-state index in [1.54, 1.807) is 0 Å². The number of nitrogens with one attached hydrogen (secondary N) is 1. The molecule has 4 rings (SSSR count). The van der Waals surface area contributed by atoms with Crippen molar-refractivity contribution in [3.63, 3.8) is 0 Å². The van der Waals surface area contributed by atoms with Crippen LogP contribution < -0.4 is 5.32 Å². The Kier molecular flexibility index (Phi) is 2.13. The molecule has 4 saturated carbocycles. The number of aliphatic imine (C=N–C) groups is 1. The third kappa shape index (κ3) is 1.63. The molecule has 2 nitrogen and oxygen atoms in total. The Bertz CT molecular complexity index is 331. The average Bonchev–Trinajstić information content (AvgIpc) is 3.08. The van der Waals surface area contributed by atoms with Gasteiger partial charge in [-0.15, -0.1) is 0 Å². The molecule has 0 spiro atoms. The zero-order valence-electron chi connectivity index (χ0n) is 10.8. The van der Waals surface area contributed by atoms with Crippen LogP contribution in [0.2, 0.25) is 0 Å². The lowest BCUT2D eigenvalue weighted by Gasteiger charge is -2.28. The second-order valence-electron chi connectivity index (χ2n) is 7.20. The van der Waals surface area contributed by atoms with Gasteiger partial charge in [0, 0.05) is 5.54 Å². The molecule has 0 heterocycles. The highest BCUT2D eigenvalue weighted by Gasteiger charge is 2.46. The Morgan fingerprint density at radius 2 is 1.53 bits per heavy atom. The average molecular weight is 232 g/mol. The number of fused-ring (bicyclic) bond motifs is 4. The molecular formula is C15H24N2. The minimum atomic E-state index is 0.366. The number of rotatable bonds is 3. The minimum absolute atomic E-state index is 0.366. The fraction of sp³-hybridized carbons (Fsp3) is 0.933. The van der Waals surface area contributed by atoms with Crippen molar-refractivity contribution in [3.8, 4) is 0 Å². The first-order valence-corrected chi connectivity index (χ1v) is 7.59. The molecule has 0 aliphatic heterocycles. The summed E-state index contributed by atoms with van der Waals surface area (Å²) in [5, 5.41) is 3.70. The van der Waals surface area contributed by atoms with E-state index in [0.29, 0.717) is 11.1 Å². The second kappa shape index (κ2) is 3.49. The summed E-state index contributed by atoms with van der Waals surface area (Å²) in [5.74, 6) is 2.03. The molecular weight excluding hydrogens is 208 g/mol. The molecule has 0 aromatic rings. The van der Waals surface area contributed by atoms with E-state index in [0.717, 1.165) is 11.8 Å².